The summed E-state index contributed by atoms with van der Waals surface area (Å²) in [6.45, 7) is 5.16. The highest BCUT2D eigenvalue weighted by Gasteiger charge is 2.34. The highest BCUT2D eigenvalue weighted by atomic mass is 32.2. The van der Waals surface area contributed by atoms with Gasteiger partial charge in [0.25, 0.3) is 0 Å². The largest absolute Gasteiger partial charge is 0.378 e. The van der Waals surface area contributed by atoms with Gasteiger partial charge in [0.1, 0.15) is 0 Å². The van der Waals surface area contributed by atoms with E-state index in [1.807, 2.05) is 19.0 Å². The van der Waals surface area contributed by atoms with Gasteiger partial charge in [0.15, 0.2) is 0 Å². The van der Waals surface area contributed by atoms with Crippen LogP contribution < -0.4 is 4.90 Å². The van der Waals surface area contributed by atoms with Crippen LogP contribution in [0.3, 0.4) is 0 Å². The van der Waals surface area contributed by atoms with Crippen molar-refractivity contribution in [3.8, 4) is 0 Å². The molecule has 0 saturated carbocycles. The van der Waals surface area contributed by atoms with Gasteiger partial charge in [-0.1, -0.05) is 32.4 Å². The van der Waals surface area contributed by atoms with Gasteiger partial charge >= 0.3 is 0 Å². The standard InChI is InChI=1S/C16H24N2OS/c1-5-12(2)16-18(15(19)11-20-16)10-13-6-8-14(9-7-13)17(3)4/h6-9,12,16H,5,10-11H2,1-4H3. The van der Waals surface area contributed by atoms with Crippen LogP contribution in [0.4, 0.5) is 5.69 Å². The average molecular weight is 292 g/mol. The lowest BCUT2D eigenvalue weighted by atomic mass is 10.1. The maximum absolute atomic E-state index is 12.1. The zero-order valence-corrected chi connectivity index (χ0v) is 13.6. The monoisotopic (exact) mass is 292 g/mol. The first-order valence-corrected chi connectivity index (χ1v) is 8.25. The van der Waals surface area contributed by atoms with Crippen molar-refractivity contribution >= 4 is 23.4 Å². The second-order valence-corrected chi connectivity index (χ2v) is 6.77. The van der Waals surface area contributed by atoms with E-state index >= 15 is 0 Å². The summed E-state index contributed by atoms with van der Waals surface area (Å²) < 4.78 is 0. The van der Waals surface area contributed by atoms with Crippen LogP contribution >= 0.6 is 11.8 Å². The second kappa shape index (κ2) is 6.53. The van der Waals surface area contributed by atoms with Gasteiger partial charge in [-0.05, 0) is 23.6 Å². The van der Waals surface area contributed by atoms with Crippen molar-refractivity contribution in [3.63, 3.8) is 0 Å². The van der Waals surface area contributed by atoms with Gasteiger partial charge in [-0.25, -0.2) is 0 Å². The van der Waals surface area contributed by atoms with E-state index in [1.165, 1.54) is 11.3 Å². The first-order valence-electron chi connectivity index (χ1n) is 7.20. The van der Waals surface area contributed by atoms with E-state index in [4.69, 9.17) is 0 Å². The van der Waals surface area contributed by atoms with Gasteiger partial charge in [-0.15, -0.1) is 11.8 Å². The molecular weight excluding hydrogens is 268 g/mol. The van der Waals surface area contributed by atoms with Crippen molar-refractivity contribution in [1.82, 2.24) is 4.90 Å². The molecule has 1 aromatic carbocycles. The lowest BCUT2D eigenvalue weighted by molar-refractivity contribution is -0.129. The molecule has 0 aliphatic carbocycles. The molecule has 110 valence electrons. The summed E-state index contributed by atoms with van der Waals surface area (Å²) in [7, 11) is 4.07. The zero-order chi connectivity index (χ0) is 14.7. The molecule has 3 nitrogen and oxygen atoms in total. The molecule has 1 amide bonds. The third-order valence-electron chi connectivity index (χ3n) is 3.94. The number of amides is 1. The van der Waals surface area contributed by atoms with Crippen LogP contribution in [0.1, 0.15) is 25.8 Å². The smallest absolute Gasteiger partial charge is 0.233 e. The van der Waals surface area contributed by atoms with E-state index in [2.05, 4.69) is 43.0 Å². The number of carbonyl (C=O) groups excluding carboxylic acids is 1. The van der Waals surface area contributed by atoms with Crippen LogP contribution in [0.5, 0.6) is 0 Å². The molecule has 1 aliphatic rings. The highest BCUT2D eigenvalue weighted by Crippen LogP contribution is 2.33. The maximum Gasteiger partial charge on any atom is 0.233 e. The van der Waals surface area contributed by atoms with E-state index < -0.39 is 0 Å². The topological polar surface area (TPSA) is 23.6 Å². The van der Waals surface area contributed by atoms with Gasteiger partial charge < -0.3 is 9.80 Å². The van der Waals surface area contributed by atoms with Gasteiger partial charge in [-0.2, -0.15) is 0 Å². The molecule has 0 aromatic heterocycles. The summed E-state index contributed by atoms with van der Waals surface area (Å²) in [5.74, 6) is 1.45. The molecule has 1 saturated heterocycles. The molecule has 0 N–H and O–H groups in total. The summed E-state index contributed by atoms with van der Waals surface area (Å²) >= 11 is 1.79. The molecule has 4 heteroatoms. The fraction of sp³-hybridized carbons (Fsp3) is 0.562. The number of hydrogen-bond acceptors (Lipinski definition) is 3. The summed E-state index contributed by atoms with van der Waals surface area (Å²) in [4.78, 5) is 16.2. The van der Waals surface area contributed by atoms with Crippen LogP contribution in [0.25, 0.3) is 0 Å². The average Bonchev–Trinajstić information content (AvgIpc) is 2.80. The predicted octanol–water partition coefficient (Wildman–Crippen LogP) is 3.20. The Morgan fingerprint density at radius 3 is 2.55 bits per heavy atom. The predicted molar refractivity (Wildman–Crippen MR) is 87.0 cm³/mol. The van der Waals surface area contributed by atoms with Crippen LogP contribution in [0.2, 0.25) is 0 Å². The summed E-state index contributed by atoms with van der Waals surface area (Å²) in [5, 5.41) is 0.334. The molecule has 2 unspecified atom stereocenters. The van der Waals surface area contributed by atoms with E-state index in [0.29, 0.717) is 17.0 Å². The Balaban J connectivity index is 2.08. The van der Waals surface area contributed by atoms with Crippen molar-refractivity contribution in [2.45, 2.75) is 32.2 Å². The van der Waals surface area contributed by atoms with E-state index in [9.17, 15) is 4.79 Å². The third kappa shape index (κ3) is 3.29. The lowest BCUT2D eigenvalue weighted by Gasteiger charge is -2.28. The van der Waals surface area contributed by atoms with Crippen LogP contribution in [0.15, 0.2) is 24.3 Å². The minimum atomic E-state index is 0.275. The van der Waals surface area contributed by atoms with Crippen LogP contribution in [0, 0.1) is 5.92 Å². The minimum Gasteiger partial charge on any atom is -0.378 e. The Morgan fingerprint density at radius 1 is 1.35 bits per heavy atom. The molecule has 20 heavy (non-hydrogen) atoms. The Morgan fingerprint density at radius 2 is 2.00 bits per heavy atom. The highest BCUT2D eigenvalue weighted by molar-refractivity contribution is 8.01. The lowest BCUT2D eigenvalue weighted by Crippen LogP contribution is -2.35. The molecule has 1 fully saturated rings. The SMILES string of the molecule is CCC(C)C1SCC(=O)N1Cc1ccc(N(C)C)cc1. The number of anilines is 1. The van der Waals surface area contributed by atoms with Crippen molar-refractivity contribution < 1.29 is 4.79 Å². The van der Waals surface area contributed by atoms with Gasteiger partial charge in [-0.3, -0.25) is 4.79 Å². The van der Waals surface area contributed by atoms with E-state index in [-0.39, 0.29) is 5.91 Å². The molecule has 1 heterocycles. The van der Waals surface area contributed by atoms with Crippen LogP contribution in [-0.4, -0.2) is 36.0 Å². The molecule has 0 spiro atoms. The number of thioether (sulfide) groups is 1. The van der Waals surface area contributed by atoms with Gasteiger partial charge in [0.2, 0.25) is 5.91 Å². The van der Waals surface area contributed by atoms with Crippen LogP contribution in [-0.2, 0) is 11.3 Å². The Hall–Kier alpha value is -1.16. The van der Waals surface area contributed by atoms with E-state index in [1.54, 1.807) is 11.8 Å². The van der Waals surface area contributed by atoms with Gasteiger partial charge in [0, 0.05) is 26.3 Å². The molecule has 2 rings (SSSR count). The Kier molecular flexibility index (Phi) is 4.97. The Labute approximate surface area is 126 Å². The summed E-state index contributed by atoms with van der Waals surface area (Å²) in [5.41, 5.74) is 2.40. The van der Waals surface area contributed by atoms with Gasteiger partial charge in [0.05, 0.1) is 11.1 Å². The fourth-order valence-corrected chi connectivity index (χ4v) is 3.79. The van der Waals surface area contributed by atoms with E-state index in [0.717, 1.165) is 13.0 Å². The summed E-state index contributed by atoms with van der Waals surface area (Å²) in [6, 6.07) is 8.47. The van der Waals surface area contributed by atoms with Crippen molar-refractivity contribution in [3.05, 3.63) is 29.8 Å². The normalized spacial score (nSPS) is 20.3. The summed E-state index contributed by atoms with van der Waals surface area (Å²) in [6.07, 6.45) is 1.11. The molecule has 2 atom stereocenters. The molecule has 0 radical (unpaired) electrons. The molecule has 0 bridgehead atoms. The third-order valence-corrected chi connectivity index (χ3v) is 5.42. The number of benzene rings is 1. The first kappa shape index (κ1) is 15.2. The zero-order valence-electron chi connectivity index (χ0n) is 12.8. The second-order valence-electron chi connectivity index (χ2n) is 5.67. The molecular formula is C16H24N2OS. The molecule has 1 aromatic rings. The minimum absolute atomic E-state index is 0.275. The number of rotatable bonds is 5. The number of hydrogen-bond donors (Lipinski definition) is 0. The number of nitrogens with zero attached hydrogens (tertiary/aromatic N) is 2. The van der Waals surface area contributed by atoms with Crippen molar-refractivity contribution in [2.75, 3.05) is 24.7 Å². The Bertz CT molecular complexity index is 458. The van der Waals surface area contributed by atoms with Crippen molar-refractivity contribution in [2.24, 2.45) is 5.92 Å². The first-order chi connectivity index (χ1) is 9.52. The van der Waals surface area contributed by atoms with Crippen molar-refractivity contribution in [1.29, 1.82) is 0 Å². The maximum atomic E-state index is 12.1. The quantitative estimate of drug-likeness (QED) is 0.832. The number of carbonyl (C=O) groups is 1. The molecule has 1 aliphatic heterocycles. The fourth-order valence-electron chi connectivity index (χ4n) is 2.42.